The molecule has 1 aliphatic rings. The topological polar surface area (TPSA) is 57.9 Å². The van der Waals surface area contributed by atoms with Gasteiger partial charge < -0.3 is 10.1 Å². The Kier molecular flexibility index (Phi) is 3.07. The average Bonchev–Trinajstić information content (AvgIpc) is 2.65. The van der Waals surface area contributed by atoms with Gasteiger partial charge in [0.25, 0.3) is 0 Å². The van der Waals surface area contributed by atoms with E-state index in [-0.39, 0.29) is 12.1 Å². The Bertz CT molecular complexity index is 425. The molecule has 2 heterocycles. The SMILES string of the molecule is Cc1ccnc(NC2CCOC2C)c1C#N. The van der Waals surface area contributed by atoms with E-state index in [2.05, 4.69) is 16.4 Å². The van der Waals surface area contributed by atoms with Crippen LogP contribution in [-0.4, -0.2) is 23.7 Å². The van der Waals surface area contributed by atoms with Crippen LogP contribution in [0.25, 0.3) is 0 Å². The molecular formula is C12H15N3O. The Hall–Kier alpha value is -1.60. The van der Waals surface area contributed by atoms with Crippen molar-refractivity contribution in [2.75, 3.05) is 11.9 Å². The fourth-order valence-corrected chi connectivity index (χ4v) is 1.91. The predicted molar refractivity (Wildman–Crippen MR) is 61.1 cm³/mol. The van der Waals surface area contributed by atoms with Crippen molar-refractivity contribution in [3.63, 3.8) is 0 Å². The number of hydrogen-bond acceptors (Lipinski definition) is 4. The molecule has 2 atom stereocenters. The van der Waals surface area contributed by atoms with Gasteiger partial charge in [0.1, 0.15) is 11.9 Å². The Morgan fingerprint density at radius 2 is 2.44 bits per heavy atom. The Labute approximate surface area is 95.3 Å². The molecule has 0 aliphatic carbocycles. The monoisotopic (exact) mass is 217 g/mol. The van der Waals surface area contributed by atoms with Gasteiger partial charge in [0.2, 0.25) is 0 Å². The molecule has 0 amide bonds. The van der Waals surface area contributed by atoms with Crippen molar-refractivity contribution < 1.29 is 4.74 Å². The Morgan fingerprint density at radius 1 is 1.62 bits per heavy atom. The number of anilines is 1. The first-order valence-electron chi connectivity index (χ1n) is 5.46. The molecule has 0 spiro atoms. The summed E-state index contributed by atoms with van der Waals surface area (Å²) in [6, 6.07) is 4.28. The van der Waals surface area contributed by atoms with Gasteiger partial charge in [-0.1, -0.05) is 0 Å². The highest BCUT2D eigenvalue weighted by molar-refractivity contribution is 5.55. The summed E-state index contributed by atoms with van der Waals surface area (Å²) in [6.45, 7) is 4.72. The summed E-state index contributed by atoms with van der Waals surface area (Å²) < 4.78 is 5.47. The van der Waals surface area contributed by atoms with E-state index in [1.165, 1.54) is 0 Å². The molecule has 0 bridgehead atoms. The van der Waals surface area contributed by atoms with Crippen molar-refractivity contribution in [1.29, 1.82) is 5.26 Å². The van der Waals surface area contributed by atoms with Crippen LogP contribution in [-0.2, 0) is 4.74 Å². The molecule has 0 aromatic carbocycles. The zero-order chi connectivity index (χ0) is 11.5. The molecule has 4 heteroatoms. The molecule has 4 nitrogen and oxygen atoms in total. The highest BCUT2D eigenvalue weighted by atomic mass is 16.5. The third-order valence-electron chi connectivity index (χ3n) is 2.97. The number of pyridine rings is 1. The van der Waals surface area contributed by atoms with E-state index in [1.54, 1.807) is 6.20 Å². The fourth-order valence-electron chi connectivity index (χ4n) is 1.91. The van der Waals surface area contributed by atoms with Gasteiger partial charge in [-0.25, -0.2) is 4.98 Å². The number of hydrogen-bond donors (Lipinski definition) is 1. The van der Waals surface area contributed by atoms with Crippen molar-refractivity contribution in [2.45, 2.75) is 32.4 Å². The van der Waals surface area contributed by atoms with Gasteiger partial charge in [0.05, 0.1) is 17.7 Å². The van der Waals surface area contributed by atoms with Crippen molar-refractivity contribution >= 4 is 5.82 Å². The average molecular weight is 217 g/mol. The molecule has 1 aromatic heterocycles. The molecule has 0 saturated carbocycles. The number of nitrogens with zero attached hydrogens (tertiary/aromatic N) is 2. The molecule has 1 saturated heterocycles. The van der Waals surface area contributed by atoms with Gasteiger partial charge in [-0.3, -0.25) is 0 Å². The molecule has 1 fully saturated rings. The molecular weight excluding hydrogens is 202 g/mol. The minimum atomic E-state index is 0.175. The largest absolute Gasteiger partial charge is 0.376 e. The number of rotatable bonds is 2. The van der Waals surface area contributed by atoms with Gasteiger partial charge in [-0.05, 0) is 31.9 Å². The molecule has 2 unspecified atom stereocenters. The number of aromatic nitrogens is 1. The van der Waals surface area contributed by atoms with E-state index in [0.717, 1.165) is 18.6 Å². The van der Waals surface area contributed by atoms with Crippen LogP contribution in [0.5, 0.6) is 0 Å². The summed E-state index contributed by atoms with van der Waals surface area (Å²) >= 11 is 0. The zero-order valence-corrected chi connectivity index (χ0v) is 9.53. The maximum atomic E-state index is 9.08. The lowest BCUT2D eigenvalue weighted by Gasteiger charge is -2.17. The van der Waals surface area contributed by atoms with E-state index in [9.17, 15) is 0 Å². The highest BCUT2D eigenvalue weighted by Gasteiger charge is 2.25. The second-order valence-electron chi connectivity index (χ2n) is 4.08. The maximum absolute atomic E-state index is 9.08. The van der Waals surface area contributed by atoms with E-state index < -0.39 is 0 Å². The normalized spacial score (nSPS) is 24.1. The number of nitriles is 1. The van der Waals surface area contributed by atoms with Crippen LogP contribution in [0, 0.1) is 18.3 Å². The van der Waals surface area contributed by atoms with Crippen LogP contribution in [0.1, 0.15) is 24.5 Å². The maximum Gasteiger partial charge on any atom is 0.144 e. The fraction of sp³-hybridized carbons (Fsp3) is 0.500. The number of nitrogens with one attached hydrogen (secondary N) is 1. The van der Waals surface area contributed by atoms with Crippen LogP contribution in [0.3, 0.4) is 0 Å². The lowest BCUT2D eigenvalue weighted by molar-refractivity contribution is 0.121. The number of aryl methyl sites for hydroxylation is 1. The van der Waals surface area contributed by atoms with E-state index in [1.807, 2.05) is 19.9 Å². The lowest BCUT2D eigenvalue weighted by Crippen LogP contribution is -2.27. The van der Waals surface area contributed by atoms with E-state index in [4.69, 9.17) is 10.00 Å². The van der Waals surface area contributed by atoms with Gasteiger partial charge in [-0.2, -0.15) is 5.26 Å². The van der Waals surface area contributed by atoms with Gasteiger partial charge in [0.15, 0.2) is 0 Å². The minimum Gasteiger partial charge on any atom is -0.376 e. The summed E-state index contributed by atoms with van der Waals surface area (Å²) in [7, 11) is 0. The van der Waals surface area contributed by atoms with Crippen molar-refractivity contribution in [2.24, 2.45) is 0 Å². The smallest absolute Gasteiger partial charge is 0.144 e. The third-order valence-corrected chi connectivity index (χ3v) is 2.97. The summed E-state index contributed by atoms with van der Waals surface area (Å²) in [5.74, 6) is 0.671. The number of ether oxygens (including phenoxy) is 1. The van der Waals surface area contributed by atoms with Gasteiger partial charge in [0, 0.05) is 12.8 Å². The lowest BCUT2D eigenvalue weighted by atomic mass is 10.1. The van der Waals surface area contributed by atoms with Crippen LogP contribution in [0.15, 0.2) is 12.3 Å². The second kappa shape index (κ2) is 4.50. The first-order chi connectivity index (χ1) is 7.72. The molecule has 2 rings (SSSR count). The van der Waals surface area contributed by atoms with E-state index in [0.29, 0.717) is 11.4 Å². The Morgan fingerprint density at radius 3 is 3.06 bits per heavy atom. The van der Waals surface area contributed by atoms with Crippen LogP contribution < -0.4 is 5.32 Å². The summed E-state index contributed by atoms with van der Waals surface area (Å²) in [5, 5.41) is 12.4. The summed E-state index contributed by atoms with van der Waals surface area (Å²) in [4.78, 5) is 4.22. The van der Waals surface area contributed by atoms with Gasteiger partial charge >= 0.3 is 0 Å². The third kappa shape index (κ3) is 2.00. The second-order valence-corrected chi connectivity index (χ2v) is 4.08. The highest BCUT2D eigenvalue weighted by Crippen LogP contribution is 2.21. The van der Waals surface area contributed by atoms with Crippen LogP contribution in [0.2, 0.25) is 0 Å². The van der Waals surface area contributed by atoms with Crippen molar-refractivity contribution in [3.05, 3.63) is 23.4 Å². The zero-order valence-electron chi connectivity index (χ0n) is 9.53. The predicted octanol–water partition coefficient (Wildman–Crippen LogP) is 1.85. The van der Waals surface area contributed by atoms with Crippen molar-refractivity contribution in [3.8, 4) is 6.07 Å². The quantitative estimate of drug-likeness (QED) is 0.821. The molecule has 1 aliphatic heterocycles. The Balaban J connectivity index is 2.21. The van der Waals surface area contributed by atoms with Crippen LogP contribution >= 0.6 is 0 Å². The molecule has 16 heavy (non-hydrogen) atoms. The first-order valence-corrected chi connectivity index (χ1v) is 5.46. The summed E-state index contributed by atoms with van der Waals surface area (Å²) in [6.07, 6.45) is 2.86. The van der Waals surface area contributed by atoms with Crippen molar-refractivity contribution in [1.82, 2.24) is 4.98 Å². The minimum absolute atomic E-state index is 0.175. The van der Waals surface area contributed by atoms with Crippen LogP contribution in [0.4, 0.5) is 5.82 Å². The molecule has 1 aromatic rings. The molecule has 1 N–H and O–H groups in total. The summed E-state index contributed by atoms with van der Waals surface area (Å²) in [5.41, 5.74) is 1.58. The molecule has 0 radical (unpaired) electrons. The first kappa shape index (κ1) is 10.9. The molecule has 84 valence electrons. The standard InChI is InChI=1S/C12H15N3O/c1-8-3-5-14-12(10(8)7-13)15-11-4-6-16-9(11)2/h3,5,9,11H,4,6H2,1-2H3,(H,14,15). The van der Waals surface area contributed by atoms with E-state index >= 15 is 0 Å². The van der Waals surface area contributed by atoms with Gasteiger partial charge in [-0.15, -0.1) is 0 Å².